The third-order valence-electron chi connectivity index (χ3n) is 14.8. The van der Waals surface area contributed by atoms with Gasteiger partial charge in [-0.3, -0.25) is 0 Å². The van der Waals surface area contributed by atoms with Crippen LogP contribution in [0.15, 0.2) is 267 Å². The van der Waals surface area contributed by atoms with Gasteiger partial charge in [-0.25, -0.2) is 0 Å². The van der Waals surface area contributed by atoms with Gasteiger partial charge in [0.2, 0.25) is 0 Å². The lowest BCUT2D eigenvalue weighted by Gasteiger charge is -2.28. The Hall–Kier alpha value is -8.78. The molecule has 0 bridgehead atoms. The van der Waals surface area contributed by atoms with E-state index in [4.69, 9.17) is 0 Å². The average molecular weight is 892 g/mol. The molecule has 1 aliphatic rings. The number of rotatable bonds is 8. The number of benzene rings is 12. The molecule has 0 saturated heterocycles. The Morgan fingerprint density at radius 2 is 0.743 bits per heavy atom. The third kappa shape index (κ3) is 7.27. The fourth-order valence-electron chi connectivity index (χ4n) is 11.5. The molecule has 12 aromatic rings. The predicted octanol–water partition coefficient (Wildman–Crippen LogP) is 19.0. The second-order valence-electron chi connectivity index (χ2n) is 18.6. The molecule has 0 fully saturated rings. The van der Waals surface area contributed by atoms with Crippen LogP contribution in [0.2, 0.25) is 0 Å². The zero-order valence-corrected chi connectivity index (χ0v) is 38.8. The van der Waals surface area contributed by atoms with Crippen LogP contribution in [0.5, 0.6) is 0 Å². The van der Waals surface area contributed by atoms with Crippen LogP contribution in [0.25, 0.3) is 88.0 Å². The number of fused-ring (bicyclic) bond motifs is 7. The van der Waals surface area contributed by atoms with Gasteiger partial charge in [0.15, 0.2) is 0 Å². The molecule has 0 spiro atoms. The van der Waals surface area contributed by atoms with Gasteiger partial charge < -0.3 is 4.90 Å². The highest BCUT2D eigenvalue weighted by Gasteiger charge is 2.27. The lowest BCUT2D eigenvalue weighted by molar-refractivity contribution is 0.727. The highest BCUT2D eigenvalue weighted by molar-refractivity contribution is 6.15. The van der Waals surface area contributed by atoms with E-state index in [-0.39, 0.29) is 5.92 Å². The fraction of sp³-hybridized carbons (Fsp3) is 0.0435. The Labute approximate surface area is 410 Å². The summed E-state index contributed by atoms with van der Waals surface area (Å²) in [6.07, 6.45) is 2.05. The molecule has 0 amide bonds. The number of aryl methyl sites for hydroxylation is 1. The normalized spacial score (nSPS) is 13.2. The molecule has 0 radical (unpaired) electrons. The van der Waals surface area contributed by atoms with Gasteiger partial charge in [0.05, 0.1) is 0 Å². The van der Waals surface area contributed by atoms with Gasteiger partial charge in [-0.15, -0.1) is 0 Å². The summed E-state index contributed by atoms with van der Waals surface area (Å²) >= 11 is 0. The largest absolute Gasteiger partial charge is 0.310 e. The van der Waals surface area contributed by atoms with Crippen molar-refractivity contribution in [1.29, 1.82) is 0 Å². The first kappa shape index (κ1) is 41.4. The van der Waals surface area contributed by atoms with Crippen LogP contribution in [0, 0.1) is 0 Å². The molecule has 13 rings (SSSR count). The fourth-order valence-corrected chi connectivity index (χ4v) is 11.5. The second-order valence-corrected chi connectivity index (χ2v) is 18.6. The zero-order valence-electron chi connectivity index (χ0n) is 38.8. The number of nitrogens with zero attached hydrogens (tertiary/aromatic N) is 1. The van der Waals surface area contributed by atoms with Crippen LogP contribution in [0.1, 0.15) is 29.0 Å². The molecule has 1 heteroatoms. The summed E-state index contributed by atoms with van der Waals surface area (Å²) in [6, 6.07) is 98.8. The van der Waals surface area contributed by atoms with Crippen molar-refractivity contribution in [2.45, 2.75) is 18.8 Å². The monoisotopic (exact) mass is 891 g/mol. The number of hydrogen-bond donors (Lipinski definition) is 0. The Bertz CT molecular complexity index is 3890. The Morgan fingerprint density at radius 3 is 1.43 bits per heavy atom. The Balaban J connectivity index is 0.994. The molecule has 0 aromatic heterocycles. The van der Waals surface area contributed by atoms with E-state index in [0.717, 1.165) is 29.9 Å². The molecule has 1 atom stereocenters. The SMILES string of the molecule is c1ccc(-c2ccc(-c3ccc(N(c4ccccc4)c4ccc(-c5ccccc5C5CCc6ccccc6-c6ccccc65)c(-c5cc6ccccc6c6ccccc56)c4)cc3)c3ccccc23)cc1. The Kier molecular flexibility index (Phi) is 10.5. The minimum atomic E-state index is 0.215. The lowest BCUT2D eigenvalue weighted by Crippen LogP contribution is -2.10. The van der Waals surface area contributed by atoms with Crippen LogP contribution in [-0.4, -0.2) is 0 Å². The molecule has 0 saturated carbocycles. The summed E-state index contributed by atoms with van der Waals surface area (Å²) in [7, 11) is 0. The summed E-state index contributed by atoms with van der Waals surface area (Å²) in [4.78, 5) is 2.42. The summed E-state index contributed by atoms with van der Waals surface area (Å²) in [5, 5.41) is 7.50. The zero-order chi connectivity index (χ0) is 46.4. The minimum absolute atomic E-state index is 0.215. The van der Waals surface area contributed by atoms with Crippen LogP contribution in [0.4, 0.5) is 17.1 Å². The molecule has 1 aliphatic carbocycles. The van der Waals surface area contributed by atoms with Crippen LogP contribution >= 0.6 is 0 Å². The van der Waals surface area contributed by atoms with Crippen molar-refractivity contribution < 1.29 is 0 Å². The minimum Gasteiger partial charge on any atom is -0.310 e. The average Bonchev–Trinajstić information content (AvgIpc) is 3.60. The van der Waals surface area contributed by atoms with Crippen molar-refractivity contribution in [1.82, 2.24) is 0 Å². The van der Waals surface area contributed by atoms with Crippen molar-refractivity contribution in [3.63, 3.8) is 0 Å². The molecule has 330 valence electrons. The molecule has 70 heavy (non-hydrogen) atoms. The molecule has 12 aromatic carbocycles. The van der Waals surface area contributed by atoms with E-state index in [1.54, 1.807) is 0 Å². The topological polar surface area (TPSA) is 3.24 Å². The van der Waals surface area contributed by atoms with Crippen LogP contribution in [-0.2, 0) is 6.42 Å². The second kappa shape index (κ2) is 17.7. The summed E-state index contributed by atoms with van der Waals surface area (Å²) in [6.45, 7) is 0. The number of hydrogen-bond acceptors (Lipinski definition) is 1. The summed E-state index contributed by atoms with van der Waals surface area (Å²) < 4.78 is 0. The van der Waals surface area contributed by atoms with E-state index < -0.39 is 0 Å². The van der Waals surface area contributed by atoms with E-state index in [1.165, 1.54) is 105 Å². The smallest absolute Gasteiger partial charge is 0.0468 e. The van der Waals surface area contributed by atoms with E-state index in [1.807, 2.05) is 0 Å². The number of anilines is 3. The van der Waals surface area contributed by atoms with Gasteiger partial charge in [0.1, 0.15) is 0 Å². The molecule has 1 nitrogen and oxygen atoms in total. The predicted molar refractivity (Wildman–Crippen MR) is 297 cm³/mol. The van der Waals surface area contributed by atoms with Crippen molar-refractivity contribution in [2.75, 3.05) is 4.90 Å². The molecular formula is C69H49N. The standard InChI is InChI=1S/C69H49N/c1-3-19-47(20-4-1)56-43-44-57(61-30-12-11-29-60(56)61)49-35-38-52(39-36-49)70(51-23-5-2-6-24-51)53-40-42-67(69(46-53)68-45-50-22-8-10-26-55(50)59-28-14-18-34-65(59)68)64-33-17-16-32-63(64)66-41-37-48-21-7-9-25-54(48)58-27-13-15-31-62(58)66/h1-36,38-40,42-46,66H,37,41H2. The quantitative estimate of drug-likeness (QED) is 0.137. The summed E-state index contributed by atoms with van der Waals surface area (Å²) in [5.41, 5.74) is 20.0. The maximum Gasteiger partial charge on any atom is 0.0468 e. The highest BCUT2D eigenvalue weighted by Crippen LogP contribution is 2.49. The van der Waals surface area contributed by atoms with Crippen LogP contribution < -0.4 is 4.90 Å². The van der Waals surface area contributed by atoms with Crippen molar-refractivity contribution in [3.8, 4) is 55.6 Å². The third-order valence-corrected chi connectivity index (χ3v) is 14.8. The first-order valence-electron chi connectivity index (χ1n) is 24.6. The first-order valence-corrected chi connectivity index (χ1v) is 24.6. The molecular weight excluding hydrogens is 843 g/mol. The highest BCUT2D eigenvalue weighted by atomic mass is 15.1. The van der Waals surface area contributed by atoms with Crippen LogP contribution in [0.3, 0.4) is 0 Å². The van der Waals surface area contributed by atoms with Crippen molar-refractivity contribution >= 4 is 49.4 Å². The number of para-hydroxylation sites is 1. The first-order chi connectivity index (χ1) is 34.7. The van der Waals surface area contributed by atoms with E-state index in [9.17, 15) is 0 Å². The van der Waals surface area contributed by atoms with Gasteiger partial charge in [0.25, 0.3) is 0 Å². The molecule has 0 N–H and O–H groups in total. The van der Waals surface area contributed by atoms with Gasteiger partial charge in [-0.05, 0) is 160 Å². The van der Waals surface area contributed by atoms with E-state index in [2.05, 4.69) is 272 Å². The molecule has 0 heterocycles. The molecule has 1 unspecified atom stereocenters. The Morgan fingerprint density at radius 1 is 0.271 bits per heavy atom. The van der Waals surface area contributed by atoms with Gasteiger partial charge in [-0.2, -0.15) is 0 Å². The maximum absolute atomic E-state index is 2.45. The van der Waals surface area contributed by atoms with Crippen molar-refractivity contribution in [2.24, 2.45) is 0 Å². The van der Waals surface area contributed by atoms with E-state index in [0.29, 0.717) is 0 Å². The van der Waals surface area contributed by atoms with Gasteiger partial charge >= 0.3 is 0 Å². The lowest BCUT2D eigenvalue weighted by atomic mass is 9.80. The summed E-state index contributed by atoms with van der Waals surface area (Å²) in [5.74, 6) is 0.215. The maximum atomic E-state index is 2.45. The van der Waals surface area contributed by atoms with Gasteiger partial charge in [-0.1, -0.05) is 224 Å². The van der Waals surface area contributed by atoms with Gasteiger partial charge in [0, 0.05) is 23.0 Å². The molecule has 0 aliphatic heterocycles. The van der Waals surface area contributed by atoms with Crippen molar-refractivity contribution in [3.05, 3.63) is 284 Å². The van der Waals surface area contributed by atoms with E-state index >= 15 is 0 Å².